The van der Waals surface area contributed by atoms with E-state index in [-0.39, 0.29) is 29.2 Å². The Labute approximate surface area is 144 Å². The van der Waals surface area contributed by atoms with Crippen molar-refractivity contribution in [3.8, 4) is 5.75 Å². The van der Waals surface area contributed by atoms with E-state index >= 15 is 0 Å². The molecule has 1 unspecified atom stereocenters. The Bertz CT molecular complexity index is 574. The monoisotopic (exact) mass is 357 g/mol. The molecule has 1 amide bonds. The SMILES string of the molecule is O=C(O)COc1ccc(NC(=O)CCOCC2CCCO2)cc1Cl. The number of aliphatic carboxylic acids is 1. The molecule has 1 aromatic rings. The molecule has 1 heterocycles. The second-order valence-electron chi connectivity index (χ2n) is 5.34. The van der Waals surface area contributed by atoms with Crippen LogP contribution >= 0.6 is 11.6 Å². The lowest BCUT2D eigenvalue weighted by Gasteiger charge is -2.11. The molecular formula is C16H20ClNO6. The van der Waals surface area contributed by atoms with Gasteiger partial charge in [0.05, 0.1) is 30.8 Å². The number of carbonyl (C=O) groups is 2. The molecule has 1 saturated heterocycles. The third-order valence-corrected chi connectivity index (χ3v) is 3.66. The first-order valence-corrected chi connectivity index (χ1v) is 8.05. The number of halogens is 1. The van der Waals surface area contributed by atoms with Gasteiger partial charge >= 0.3 is 5.97 Å². The summed E-state index contributed by atoms with van der Waals surface area (Å²) in [4.78, 5) is 22.3. The second kappa shape index (κ2) is 9.46. The smallest absolute Gasteiger partial charge is 0.341 e. The van der Waals surface area contributed by atoms with Crippen LogP contribution in [0.2, 0.25) is 5.02 Å². The summed E-state index contributed by atoms with van der Waals surface area (Å²) in [7, 11) is 0. The summed E-state index contributed by atoms with van der Waals surface area (Å²) in [6.45, 7) is 1.13. The minimum absolute atomic E-state index is 0.144. The molecule has 0 radical (unpaired) electrons. The molecule has 1 aliphatic heterocycles. The number of anilines is 1. The summed E-state index contributed by atoms with van der Waals surface area (Å²) < 4.78 is 15.9. The molecule has 1 fully saturated rings. The van der Waals surface area contributed by atoms with Crippen molar-refractivity contribution in [2.24, 2.45) is 0 Å². The van der Waals surface area contributed by atoms with E-state index in [0.717, 1.165) is 19.4 Å². The van der Waals surface area contributed by atoms with E-state index in [9.17, 15) is 9.59 Å². The molecule has 0 aliphatic carbocycles. The first kappa shape index (κ1) is 18.5. The summed E-state index contributed by atoms with van der Waals surface area (Å²) in [5.74, 6) is -1.04. The topological polar surface area (TPSA) is 94.1 Å². The Kier molecular flexibility index (Phi) is 7.30. The lowest BCUT2D eigenvalue weighted by atomic mass is 10.2. The van der Waals surface area contributed by atoms with Crippen molar-refractivity contribution < 1.29 is 28.9 Å². The maximum atomic E-state index is 11.8. The van der Waals surface area contributed by atoms with Gasteiger partial charge in [-0.1, -0.05) is 11.6 Å². The van der Waals surface area contributed by atoms with Gasteiger partial charge in [-0.2, -0.15) is 0 Å². The summed E-state index contributed by atoms with van der Waals surface area (Å²) in [6.07, 6.45) is 2.43. The minimum atomic E-state index is -1.09. The van der Waals surface area contributed by atoms with Crippen LogP contribution in [0.25, 0.3) is 0 Å². The van der Waals surface area contributed by atoms with Gasteiger partial charge in [0.2, 0.25) is 5.91 Å². The van der Waals surface area contributed by atoms with E-state index in [2.05, 4.69) is 5.32 Å². The largest absolute Gasteiger partial charge is 0.480 e. The molecule has 24 heavy (non-hydrogen) atoms. The molecule has 1 aliphatic rings. The number of amides is 1. The second-order valence-corrected chi connectivity index (χ2v) is 5.74. The van der Waals surface area contributed by atoms with Crippen LogP contribution in [-0.4, -0.2) is 49.5 Å². The standard InChI is InChI=1S/C16H20ClNO6/c17-13-8-11(3-4-14(13)24-10-16(20)21)18-15(19)5-7-22-9-12-2-1-6-23-12/h3-4,8,12H,1-2,5-7,9-10H2,(H,18,19)(H,20,21). The predicted molar refractivity (Wildman–Crippen MR) is 87.6 cm³/mol. The van der Waals surface area contributed by atoms with Crippen molar-refractivity contribution in [1.82, 2.24) is 0 Å². The van der Waals surface area contributed by atoms with Gasteiger partial charge < -0.3 is 24.6 Å². The highest BCUT2D eigenvalue weighted by Crippen LogP contribution is 2.27. The lowest BCUT2D eigenvalue weighted by Crippen LogP contribution is -2.18. The number of nitrogens with one attached hydrogen (secondary N) is 1. The number of carboxylic acids is 1. The molecule has 1 aromatic carbocycles. The van der Waals surface area contributed by atoms with Crippen molar-refractivity contribution in [3.63, 3.8) is 0 Å². The van der Waals surface area contributed by atoms with Crippen molar-refractivity contribution in [3.05, 3.63) is 23.2 Å². The first-order chi connectivity index (χ1) is 11.5. The van der Waals surface area contributed by atoms with E-state index in [1.54, 1.807) is 6.07 Å². The van der Waals surface area contributed by atoms with E-state index < -0.39 is 12.6 Å². The summed E-state index contributed by atoms with van der Waals surface area (Å²) >= 11 is 5.99. The van der Waals surface area contributed by atoms with Crippen LogP contribution in [0.5, 0.6) is 5.75 Å². The van der Waals surface area contributed by atoms with E-state index in [1.807, 2.05) is 0 Å². The third-order valence-electron chi connectivity index (χ3n) is 3.37. The van der Waals surface area contributed by atoms with Crippen LogP contribution in [0.4, 0.5) is 5.69 Å². The van der Waals surface area contributed by atoms with E-state index in [0.29, 0.717) is 18.9 Å². The molecule has 0 saturated carbocycles. The average Bonchev–Trinajstić information content (AvgIpc) is 3.04. The molecule has 132 valence electrons. The number of hydrogen-bond donors (Lipinski definition) is 2. The van der Waals surface area contributed by atoms with Gasteiger partial charge in [0, 0.05) is 12.3 Å². The normalized spacial score (nSPS) is 16.8. The van der Waals surface area contributed by atoms with Crippen LogP contribution in [0.3, 0.4) is 0 Å². The van der Waals surface area contributed by atoms with Gasteiger partial charge in [-0.3, -0.25) is 4.79 Å². The predicted octanol–water partition coefficient (Wildman–Crippen LogP) is 2.33. The molecule has 8 heteroatoms. The van der Waals surface area contributed by atoms with Gasteiger partial charge in [0.15, 0.2) is 6.61 Å². The van der Waals surface area contributed by atoms with Crippen LogP contribution < -0.4 is 10.1 Å². The Balaban J connectivity index is 1.70. The number of carboxylic acid groups (broad SMARTS) is 1. The zero-order valence-electron chi connectivity index (χ0n) is 13.1. The zero-order chi connectivity index (χ0) is 17.4. The quantitative estimate of drug-likeness (QED) is 0.659. The molecular weight excluding hydrogens is 338 g/mol. The van der Waals surface area contributed by atoms with Gasteiger partial charge in [-0.25, -0.2) is 4.79 Å². The summed E-state index contributed by atoms with van der Waals surface area (Å²) in [6, 6.07) is 4.60. The van der Waals surface area contributed by atoms with E-state index in [4.69, 9.17) is 30.9 Å². The fourth-order valence-electron chi connectivity index (χ4n) is 2.21. The van der Waals surface area contributed by atoms with Gasteiger partial charge in [-0.05, 0) is 31.0 Å². The fourth-order valence-corrected chi connectivity index (χ4v) is 2.45. The summed E-state index contributed by atoms with van der Waals surface area (Å²) in [5, 5.41) is 11.5. The minimum Gasteiger partial charge on any atom is -0.480 e. The first-order valence-electron chi connectivity index (χ1n) is 7.68. The number of carbonyl (C=O) groups excluding carboxylic acids is 1. The highest BCUT2D eigenvalue weighted by Gasteiger charge is 2.15. The van der Waals surface area contributed by atoms with Crippen molar-refractivity contribution >= 4 is 29.2 Å². The van der Waals surface area contributed by atoms with Crippen LogP contribution in [-0.2, 0) is 19.1 Å². The van der Waals surface area contributed by atoms with Gasteiger partial charge in [0.25, 0.3) is 0 Å². The third kappa shape index (κ3) is 6.35. The Morgan fingerprint density at radius 3 is 2.92 bits per heavy atom. The molecule has 7 nitrogen and oxygen atoms in total. The Morgan fingerprint density at radius 2 is 2.25 bits per heavy atom. The highest BCUT2D eigenvalue weighted by atomic mass is 35.5. The van der Waals surface area contributed by atoms with Crippen LogP contribution in [0.15, 0.2) is 18.2 Å². The maximum absolute atomic E-state index is 11.8. The van der Waals surface area contributed by atoms with Crippen LogP contribution in [0, 0.1) is 0 Å². The Morgan fingerprint density at radius 1 is 1.42 bits per heavy atom. The number of rotatable bonds is 9. The molecule has 1 atom stereocenters. The van der Waals surface area contributed by atoms with Gasteiger partial charge in [0.1, 0.15) is 5.75 Å². The van der Waals surface area contributed by atoms with Gasteiger partial charge in [-0.15, -0.1) is 0 Å². The fraction of sp³-hybridized carbons (Fsp3) is 0.500. The van der Waals surface area contributed by atoms with Crippen molar-refractivity contribution in [2.45, 2.75) is 25.4 Å². The number of ether oxygens (including phenoxy) is 3. The summed E-state index contributed by atoms with van der Waals surface area (Å²) in [5.41, 5.74) is 0.506. The van der Waals surface area contributed by atoms with Crippen molar-refractivity contribution in [2.75, 3.05) is 31.7 Å². The maximum Gasteiger partial charge on any atom is 0.341 e. The average molecular weight is 358 g/mol. The lowest BCUT2D eigenvalue weighted by molar-refractivity contribution is -0.139. The molecule has 2 rings (SSSR count). The van der Waals surface area contributed by atoms with Crippen LogP contribution in [0.1, 0.15) is 19.3 Å². The zero-order valence-corrected chi connectivity index (χ0v) is 13.9. The molecule has 0 bridgehead atoms. The molecule has 2 N–H and O–H groups in total. The Hall–Kier alpha value is -1.83. The molecule has 0 spiro atoms. The van der Waals surface area contributed by atoms with Crippen molar-refractivity contribution in [1.29, 1.82) is 0 Å². The molecule has 0 aromatic heterocycles. The number of hydrogen-bond acceptors (Lipinski definition) is 5. The number of benzene rings is 1. The van der Waals surface area contributed by atoms with E-state index in [1.165, 1.54) is 12.1 Å². The highest BCUT2D eigenvalue weighted by molar-refractivity contribution is 6.32.